The minimum atomic E-state index is -0.448. The third-order valence-electron chi connectivity index (χ3n) is 2.58. The second-order valence-corrected chi connectivity index (χ2v) is 6.03. The number of nitrogens with zero attached hydrogens (tertiary/aromatic N) is 1. The monoisotopic (exact) mass is 284 g/mol. The van der Waals surface area contributed by atoms with Crippen molar-refractivity contribution in [1.82, 2.24) is 4.90 Å². The molecule has 0 spiro atoms. The summed E-state index contributed by atoms with van der Waals surface area (Å²) in [7, 11) is 0. The summed E-state index contributed by atoms with van der Waals surface area (Å²) in [5.74, 6) is 0.00813. The van der Waals surface area contributed by atoms with Crippen LogP contribution in [0.15, 0.2) is 30.3 Å². The molecule has 0 saturated carbocycles. The molecule has 1 amide bonds. The number of rotatable bonds is 4. The largest absolute Gasteiger partial charge is 0.337 e. The van der Waals surface area contributed by atoms with E-state index in [4.69, 9.17) is 5.73 Å². The summed E-state index contributed by atoms with van der Waals surface area (Å²) >= 11 is 0. The highest BCUT2D eigenvalue weighted by atomic mass is 35.5. The number of nitrogens with two attached hydrogens (primary N) is 1. The molecule has 0 radical (unpaired) electrons. The average molecular weight is 285 g/mol. The Morgan fingerprint density at radius 1 is 1.26 bits per heavy atom. The molecule has 3 nitrogen and oxygen atoms in total. The highest BCUT2D eigenvalue weighted by Gasteiger charge is 2.23. The summed E-state index contributed by atoms with van der Waals surface area (Å²) in [6.45, 7) is 9.45. The Bertz CT molecular complexity index is 385. The predicted molar refractivity (Wildman–Crippen MR) is 82.2 cm³/mol. The molecule has 4 heteroatoms. The van der Waals surface area contributed by atoms with Gasteiger partial charge in [0, 0.05) is 13.1 Å². The van der Waals surface area contributed by atoms with E-state index in [2.05, 4.69) is 20.8 Å². The van der Waals surface area contributed by atoms with Crippen LogP contribution in [-0.2, 0) is 11.3 Å². The molecule has 0 saturated heterocycles. The van der Waals surface area contributed by atoms with E-state index in [0.29, 0.717) is 13.1 Å². The first-order valence-corrected chi connectivity index (χ1v) is 6.38. The lowest BCUT2D eigenvalue weighted by molar-refractivity contribution is -0.134. The molecule has 2 N–H and O–H groups in total. The molecule has 108 valence electrons. The molecule has 0 aliphatic heterocycles. The number of amides is 1. The topological polar surface area (TPSA) is 46.3 Å². The highest BCUT2D eigenvalue weighted by Crippen LogP contribution is 2.17. The number of hydrogen-bond acceptors (Lipinski definition) is 2. The molecule has 1 aromatic rings. The van der Waals surface area contributed by atoms with E-state index in [1.165, 1.54) is 0 Å². The van der Waals surface area contributed by atoms with Gasteiger partial charge < -0.3 is 10.6 Å². The summed E-state index contributed by atoms with van der Waals surface area (Å²) in [6, 6.07) is 9.57. The van der Waals surface area contributed by atoms with E-state index in [-0.39, 0.29) is 23.7 Å². The van der Waals surface area contributed by atoms with Gasteiger partial charge in [-0.25, -0.2) is 0 Å². The van der Waals surface area contributed by atoms with Crippen LogP contribution >= 0.6 is 12.4 Å². The zero-order valence-electron chi connectivity index (χ0n) is 12.2. The predicted octanol–water partition coefficient (Wildman–Crippen LogP) is 2.83. The third-order valence-corrected chi connectivity index (χ3v) is 2.58. The van der Waals surface area contributed by atoms with Crippen LogP contribution in [0.4, 0.5) is 0 Å². The van der Waals surface area contributed by atoms with E-state index in [1.807, 2.05) is 35.2 Å². The molecule has 0 fully saturated rings. The molecule has 0 unspecified atom stereocenters. The van der Waals surface area contributed by atoms with Crippen molar-refractivity contribution in [2.45, 2.75) is 40.3 Å². The summed E-state index contributed by atoms with van der Waals surface area (Å²) < 4.78 is 0. The van der Waals surface area contributed by atoms with Crippen molar-refractivity contribution in [2.24, 2.45) is 11.1 Å². The fraction of sp³-hybridized carbons (Fsp3) is 0.533. The van der Waals surface area contributed by atoms with Crippen LogP contribution in [0.2, 0.25) is 0 Å². The second kappa shape index (κ2) is 7.51. The average Bonchev–Trinajstić information content (AvgIpc) is 2.26. The summed E-state index contributed by atoms with van der Waals surface area (Å²) in [6.07, 6.45) is 0. The molecular formula is C15H25ClN2O. The number of carbonyl (C=O) groups is 1. The Balaban J connectivity index is 0.00000324. The summed E-state index contributed by atoms with van der Waals surface area (Å²) in [5.41, 5.74) is 6.92. The molecule has 0 aromatic heterocycles. The number of carbonyl (C=O) groups excluding carboxylic acids is 1. The van der Waals surface area contributed by atoms with Crippen LogP contribution in [0.5, 0.6) is 0 Å². The summed E-state index contributed by atoms with van der Waals surface area (Å²) in [5, 5.41) is 0. The lowest BCUT2D eigenvalue weighted by atomic mass is 9.95. The molecule has 1 aromatic carbocycles. The zero-order chi connectivity index (χ0) is 13.8. The van der Waals surface area contributed by atoms with E-state index in [0.717, 1.165) is 5.56 Å². The zero-order valence-corrected chi connectivity index (χ0v) is 13.0. The van der Waals surface area contributed by atoms with Gasteiger partial charge in [0.2, 0.25) is 5.91 Å². The Morgan fingerprint density at radius 3 is 2.21 bits per heavy atom. The van der Waals surface area contributed by atoms with Crippen LogP contribution < -0.4 is 5.73 Å². The Kier molecular flexibility index (Phi) is 7.09. The lowest BCUT2D eigenvalue weighted by Crippen LogP contribution is -2.45. The maximum atomic E-state index is 12.1. The van der Waals surface area contributed by atoms with Crippen molar-refractivity contribution in [3.63, 3.8) is 0 Å². The van der Waals surface area contributed by atoms with Crippen molar-refractivity contribution in [1.29, 1.82) is 0 Å². The molecule has 1 rings (SSSR count). The molecule has 19 heavy (non-hydrogen) atoms. The van der Waals surface area contributed by atoms with Gasteiger partial charge in [0.05, 0.1) is 6.04 Å². The second-order valence-electron chi connectivity index (χ2n) is 6.03. The Labute approximate surface area is 122 Å². The third kappa shape index (κ3) is 6.60. The van der Waals surface area contributed by atoms with E-state index in [1.54, 1.807) is 6.92 Å². The first-order chi connectivity index (χ1) is 8.29. The van der Waals surface area contributed by atoms with Crippen molar-refractivity contribution in [2.75, 3.05) is 6.54 Å². The smallest absolute Gasteiger partial charge is 0.239 e. The fourth-order valence-corrected chi connectivity index (χ4v) is 1.88. The minimum absolute atomic E-state index is 0. The number of hydrogen-bond donors (Lipinski definition) is 1. The minimum Gasteiger partial charge on any atom is -0.337 e. The van der Waals surface area contributed by atoms with Crippen LogP contribution in [0.1, 0.15) is 33.3 Å². The van der Waals surface area contributed by atoms with Crippen molar-refractivity contribution >= 4 is 18.3 Å². The van der Waals surface area contributed by atoms with E-state index in [9.17, 15) is 4.79 Å². The van der Waals surface area contributed by atoms with Crippen molar-refractivity contribution < 1.29 is 4.79 Å². The fourth-order valence-electron chi connectivity index (χ4n) is 1.88. The van der Waals surface area contributed by atoms with E-state index < -0.39 is 6.04 Å². The molecule has 0 aliphatic carbocycles. The molecule has 0 aliphatic rings. The summed E-state index contributed by atoms with van der Waals surface area (Å²) in [4.78, 5) is 14.0. The number of halogens is 1. The van der Waals surface area contributed by atoms with E-state index >= 15 is 0 Å². The van der Waals surface area contributed by atoms with Crippen LogP contribution in [-0.4, -0.2) is 23.4 Å². The molecular weight excluding hydrogens is 260 g/mol. The number of benzene rings is 1. The van der Waals surface area contributed by atoms with Gasteiger partial charge in [-0.2, -0.15) is 0 Å². The van der Waals surface area contributed by atoms with Gasteiger partial charge in [0.25, 0.3) is 0 Å². The van der Waals surface area contributed by atoms with Gasteiger partial charge in [-0.3, -0.25) is 4.79 Å². The Morgan fingerprint density at radius 2 is 1.79 bits per heavy atom. The van der Waals surface area contributed by atoms with Gasteiger partial charge in [-0.05, 0) is 17.9 Å². The highest BCUT2D eigenvalue weighted by molar-refractivity contribution is 5.85. The quantitative estimate of drug-likeness (QED) is 0.924. The first-order valence-electron chi connectivity index (χ1n) is 6.38. The van der Waals surface area contributed by atoms with Crippen LogP contribution in [0.25, 0.3) is 0 Å². The maximum absolute atomic E-state index is 12.1. The van der Waals surface area contributed by atoms with Crippen molar-refractivity contribution in [3.8, 4) is 0 Å². The molecule has 0 bridgehead atoms. The maximum Gasteiger partial charge on any atom is 0.239 e. The van der Waals surface area contributed by atoms with Crippen molar-refractivity contribution in [3.05, 3.63) is 35.9 Å². The van der Waals surface area contributed by atoms with Crippen LogP contribution in [0, 0.1) is 5.41 Å². The lowest BCUT2D eigenvalue weighted by Gasteiger charge is -2.31. The van der Waals surface area contributed by atoms with Gasteiger partial charge >= 0.3 is 0 Å². The normalized spacial score (nSPS) is 12.5. The molecule has 1 atom stereocenters. The standard InChI is InChI=1S/C15H24N2O.ClH/c1-12(16)14(18)17(11-15(2,3)4)10-13-8-6-5-7-9-13;/h5-9,12H,10-11,16H2,1-4H3;1H/t12-;/m1./s1. The van der Waals surface area contributed by atoms with Gasteiger partial charge in [0.1, 0.15) is 0 Å². The Hall–Kier alpha value is -1.06. The van der Waals surface area contributed by atoms with Crippen LogP contribution in [0.3, 0.4) is 0 Å². The van der Waals surface area contributed by atoms with Gasteiger partial charge in [0.15, 0.2) is 0 Å². The van der Waals surface area contributed by atoms with Gasteiger partial charge in [-0.15, -0.1) is 12.4 Å². The van der Waals surface area contributed by atoms with Gasteiger partial charge in [-0.1, -0.05) is 51.1 Å². The molecule has 0 heterocycles. The first kappa shape index (κ1) is 17.9. The SMILES string of the molecule is C[C@@H](N)C(=O)N(Cc1ccccc1)CC(C)(C)C.Cl.